The lowest BCUT2D eigenvalue weighted by Crippen LogP contribution is -2.12. The zero-order chi connectivity index (χ0) is 12.7. The van der Waals surface area contributed by atoms with E-state index < -0.39 is 11.9 Å². The van der Waals surface area contributed by atoms with Gasteiger partial charge in [-0.15, -0.1) is 0 Å². The molecule has 1 rings (SSSR count). The molecule has 3 heteroatoms. The zero-order valence-corrected chi connectivity index (χ0v) is 10.1. The molecule has 17 heavy (non-hydrogen) atoms. The van der Waals surface area contributed by atoms with Crippen LogP contribution in [0.1, 0.15) is 44.1 Å². The van der Waals surface area contributed by atoms with E-state index in [4.69, 9.17) is 5.11 Å². The van der Waals surface area contributed by atoms with Crippen LogP contribution in [0.3, 0.4) is 0 Å². The van der Waals surface area contributed by atoms with E-state index in [0.717, 1.165) is 5.56 Å². The molecule has 1 atom stereocenters. The van der Waals surface area contributed by atoms with Gasteiger partial charge >= 0.3 is 5.97 Å². The van der Waals surface area contributed by atoms with E-state index >= 15 is 0 Å². The van der Waals surface area contributed by atoms with Crippen molar-refractivity contribution in [2.75, 3.05) is 0 Å². The van der Waals surface area contributed by atoms with Gasteiger partial charge in [0, 0.05) is 12.8 Å². The number of hydrogen-bond donors (Lipinski definition) is 1. The van der Waals surface area contributed by atoms with Crippen LogP contribution in [0.25, 0.3) is 0 Å². The topological polar surface area (TPSA) is 54.4 Å². The Morgan fingerprint density at radius 2 is 1.88 bits per heavy atom. The highest BCUT2D eigenvalue weighted by molar-refractivity contribution is 5.78. The van der Waals surface area contributed by atoms with E-state index in [9.17, 15) is 9.59 Å². The van der Waals surface area contributed by atoms with E-state index in [2.05, 4.69) is 0 Å². The number of carboxylic acid groups (broad SMARTS) is 1. The van der Waals surface area contributed by atoms with Crippen LogP contribution < -0.4 is 0 Å². The summed E-state index contributed by atoms with van der Waals surface area (Å²) in [5, 5.41) is 9.16. The minimum atomic E-state index is -0.819. The molecular weight excluding hydrogens is 216 g/mol. The predicted molar refractivity (Wildman–Crippen MR) is 66.0 cm³/mol. The van der Waals surface area contributed by atoms with Gasteiger partial charge in [0.15, 0.2) is 0 Å². The monoisotopic (exact) mass is 234 g/mol. The Kier molecular flexibility index (Phi) is 5.40. The van der Waals surface area contributed by atoms with Crippen molar-refractivity contribution >= 4 is 11.8 Å². The Bertz CT molecular complexity index is 370. The lowest BCUT2D eigenvalue weighted by atomic mass is 9.93. The maximum Gasteiger partial charge on any atom is 0.310 e. The summed E-state index contributed by atoms with van der Waals surface area (Å²) >= 11 is 0. The summed E-state index contributed by atoms with van der Waals surface area (Å²) < 4.78 is 0. The summed E-state index contributed by atoms with van der Waals surface area (Å²) in [4.78, 5) is 22.3. The van der Waals surface area contributed by atoms with Crippen LogP contribution in [0.2, 0.25) is 0 Å². The fourth-order valence-corrected chi connectivity index (χ4v) is 1.80. The standard InChI is InChI=1S/C14H18O3/c1-2-12(15)9-6-10-13(14(16)17)11-7-4-3-5-8-11/h3-5,7-8,13H,2,6,9-10H2,1H3,(H,16,17). The average Bonchev–Trinajstić information content (AvgIpc) is 2.34. The SMILES string of the molecule is CCC(=O)CCCC(C(=O)O)c1ccccc1. The number of benzene rings is 1. The molecule has 1 aromatic rings. The van der Waals surface area contributed by atoms with Crippen molar-refractivity contribution < 1.29 is 14.7 Å². The minimum absolute atomic E-state index is 0.196. The van der Waals surface area contributed by atoms with Crippen molar-refractivity contribution in [3.63, 3.8) is 0 Å². The maximum atomic E-state index is 11.2. The lowest BCUT2D eigenvalue weighted by Gasteiger charge is -2.12. The van der Waals surface area contributed by atoms with Crippen LogP contribution in [-0.4, -0.2) is 16.9 Å². The zero-order valence-electron chi connectivity index (χ0n) is 10.1. The second-order valence-electron chi connectivity index (χ2n) is 4.09. The van der Waals surface area contributed by atoms with Crippen molar-refractivity contribution in [1.82, 2.24) is 0 Å². The molecule has 0 saturated heterocycles. The largest absolute Gasteiger partial charge is 0.481 e. The van der Waals surface area contributed by atoms with Gasteiger partial charge < -0.3 is 5.11 Å². The number of aliphatic carboxylic acids is 1. The summed E-state index contributed by atoms with van der Waals surface area (Å²) in [5.74, 6) is -1.12. The Morgan fingerprint density at radius 3 is 2.41 bits per heavy atom. The summed E-state index contributed by atoms with van der Waals surface area (Å²) in [7, 11) is 0. The molecule has 92 valence electrons. The number of Topliss-reactive ketones (excluding diaryl/α,β-unsaturated/α-hetero) is 1. The highest BCUT2D eigenvalue weighted by atomic mass is 16.4. The van der Waals surface area contributed by atoms with E-state index in [0.29, 0.717) is 25.7 Å². The van der Waals surface area contributed by atoms with Crippen molar-refractivity contribution in [2.24, 2.45) is 0 Å². The summed E-state index contributed by atoms with van der Waals surface area (Å²) in [6.45, 7) is 1.83. The van der Waals surface area contributed by atoms with Gasteiger partial charge in [0.05, 0.1) is 5.92 Å². The molecular formula is C14H18O3. The normalized spacial score (nSPS) is 12.1. The van der Waals surface area contributed by atoms with Crippen LogP contribution in [0.5, 0.6) is 0 Å². The third-order valence-corrected chi connectivity index (χ3v) is 2.84. The van der Waals surface area contributed by atoms with E-state index in [-0.39, 0.29) is 5.78 Å². The van der Waals surface area contributed by atoms with Crippen molar-refractivity contribution in [3.8, 4) is 0 Å². The van der Waals surface area contributed by atoms with Crippen LogP contribution in [0.4, 0.5) is 0 Å². The van der Waals surface area contributed by atoms with Gasteiger partial charge in [-0.3, -0.25) is 9.59 Å². The molecule has 0 amide bonds. The Hall–Kier alpha value is -1.64. The van der Waals surface area contributed by atoms with Crippen LogP contribution in [0.15, 0.2) is 30.3 Å². The molecule has 0 aliphatic rings. The van der Waals surface area contributed by atoms with Crippen molar-refractivity contribution in [3.05, 3.63) is 35.9 Å². The fourth-order valence-electron chi connectivity index (χ4n) is 1.80. The van der Waals surface area contributed by atoms with Gasteiger partial charge in [-0.1, -0.05) is 37.3 Å². The van der Waals surface area contributed by atoms with Crippen LogP contribution in [0, 0.1) is 0 Å². The first-order valence-corrected chi connectivity index (χ1v) is 5.94. The van der Waals surface area contributed by atoms with Gasteiger partial charge in [0.2, 0.25) is 0 Å². The molecule has 1 N–H and O–H groups in total. The molecule has 1 aromatic carbocycles. The highest BCUT2D eigenvalue weighted by Gasteiger charge is 2.19. The molecule has 0 heterocycles. The van der Waals surface area contributed by atoms with Gasteiger partial charge in [-0.2, -0.15) is 0 Å². The highest BCUT2D eigenvalue weighted by Crippen LogP contribution is 2.22. The third kappa shape index (κ3) is 4.39. The molecule has 0 spiro atoms. The van der Waals surface area contributed by atoms with Crippen molar-refractivity contribution in [1.29, 1.82) is 0 Å². The van der Waals surface area contributed by atoms with E-state index in [1.165, 1.54) is 0 Å². The smallest absolute Gasteiger partial charge is 0.310 e. The molecule has 0 fully saturated rings. The first-order chi connectivity index (χ1) is 8.15. The average molecular weight is 234 g/mol. The number of carbonyl (C=O) groups excluding carboxylic acids is 1. The predicted octanol–water partition coefficient (Wildman–Crippen LogP) is 3.00. The number of carbonyl (C=O) groups is 2. The van der Waals surface area contributed by atoms with Gasteiger partial charge in [0.25, 0.3) is 0 Å². The van der Waals surface area contributed by atoms with Crippen molar-refractivity contribution in [2.45, 2.75) is 38.5 Å². The molecule has 0 radical (unpaired) electrons. The maximum absolute atomic E-state index is 11.2. The van der Waals surface area contributed by atoms with Gasteiger partial charge in [-0.05, 0) is 18.4 Å². The lowest BCUT2D eigenvalue weighted by molar-refractivity contribution is -0.139. The molecule has 3 nitrogen and oxygen atoms in total. The minimum Gasteiger partial charge on any atom is -0.481 e. The Balaban J connectivity index is 2.56. The number of carboxylic acids is 1. The summed E-state index contributed by atoms with van der Waals surface area (Å²) in [6, 6.07) is 9.18. The molecule has 0 aliphatic carbocycles. The Morgan fingerprint density at radius 1 is 1.24 bits per heavy atom. The number of ketones is 1. The van der Waals surface area contributed by atoms with Gasteiger partial charge in [-0.25, -0.2) is 0 Å². The van der Waals surface area contributed by atoms with Gasteiger partial charge in [0.1, 0.15) is 5.78 Å². The first kappa shape index (κ1) is 13.4. The third-order valence-electron chi connectivity index (χ3n) is 2.84. The molecule has 0 bridgehead atoms. The second kappa shape index (κ2) is 6.84. The summed E-state index contributed by atoms with van der Waals surface area (Å²) in [5.41, 5.74) is 0.809. The second-order valence-corrected chi connectivity index (χ2v) is 4.09. The number of rotatable bonds is 7. The molecule has 1 unspecified atom stereocenters. The molecule has 0 saturated carbocycles. The number of hydrogen-bond acceptors (Lipinski definition) is 2. The van der Waals surface area contributed by atoms with E-state index in [1.54, 1.807) is 0 Å². The van der Waals surface area contributed by atoms with Crippen LogP contribution >= 0.6 is 0 Å². The van der Waals surface area contributed by atoms with Crippen LogP contribution in [-0.2, 0) is 9.59 Å². The molecule has 0 aliphatic heterocycles. The van der Waals surface area contributed by atoms with E-state index in [1.807, 2.05) is 37.3 Å². The quantitative estimate of drug-likeness (QED) is 0.789. The molecule has 0 aromatic heterocycles. The summed E-state index contributed by atoms with van der Waals surface area (Å²) in [6.07, 6.45) is 2.17. The first-order valence-electron chi connectivity index (χ1n) is 5.94. The Labute approximate surface area is 101 Å². The fraction of sp³-hybridized carbons (Fsp3) is 0.429.